The minimum atomic E-state index is 0.695. The van der Waals surface area contributed by atoms with Gasteiger partial charge in [-0.15, -0.1) is 0 Å². The summed E-state index contributed by atoms with van der Waals surface area (Å²) in [6.45, 7) is 14.0. The van der Waals surface area contributed by atoms with Gasteiger partial charge < -0.3 is 10.2 Å². The molecule has 0 aromatic rings. The zero-order valence-corrected chi connectivity index (χ0v) is 11.1. The molecule has 1 aliphatic heterocycles. The Bertz CT molecular complexity index is 249. The maximum absolute atomic E-state index is 3.98. The van der Waals surface area contributed by atoms with Gasteiger partial charge in [-0.05, 0) is 52.3 Å². The normalized spacial score (nSPS) is 19.2. The molecule has 0 atom stereocenters. The van der Waals surface area contributed by atoms with Gasteiger partial charge in [-0.2, -0.15) is 0 Å². The summed E-state index contributed by atoms with van der Waals surface area (Å²) in [5.74, 6) is 0. The summed E-state index contributed by atoms with van der Waals surface area (Å²) < 4.78 is 0. The van der Waals surface area contributed by atoms with E-state index in [2.05, 4.69) is 37.6 Å². The lowest BCUT2D eigenvalue weighted by Crippen LogP contribution is -2.42. The molecule has 0 aromatic carbocycles. The van der Waals surface area contributed by atoms with Crippen LogP contribution in [0.4, 0.5) is 0 Å². The maximum atomic E-state index is 3.98. The second-order valence-electron chi connectivity index (χ2n) is 4.49. The second kappa shape index (κ2) is 6.74. The minimum Gasteiger partial charge on any atom is -0.369 e. The van der Waals surface area contributed by atoms with E-state index in [1.54, 1.807) is 0 Å². The first-order chi connectivity index (χ1) is 7.74. The van der Waals surface area contributed by atoms with Crippen molar-refractivity contribution in [1.82, 2.24) is 10.2 Å². The van der Waals surface area contributed by atoms with Crippen LogP contribution in [0.1, 0.15) is 40.0 Å². The molecule has 2 heteroatoms. The van der Waals surface area contributed by atoms with E-state index in [1.165, 1.54) is 24.1 Å². The molecular weight excluding hydrogens is 196 g/mol. The molecule has 16 heavy (non-hydrogen) atoms. The van der Waals surface area contributed by atoms with Crippen LogP contribution in [0.5, 0.6) is 0 Å². The van der Waals surface area contributed by atoms with E-state index >= 15 is 0 Å². The van der Waals surface area contributed by atoms with E-state index in [0.717, 1.165) is 26.1 Å². The maximum Gasteiger partial charge on any atom is 0.0351 e. The highest BCUT2D eigenvalue weighted by Crippen LogP contribution is 2.21. The van der Waals surface area contributed by atoms with Crippen LogP contribution >= 0.6 is 0 Å². The van der Waals surface area contributed by atoms with Crippen molar-refractivity contribution in [3.63, 3.8) is 0 Å². The zero-order valence-electron chi connectivity index (χ0n) is 11.1. The Kier molecular flexibility index (Phi) is 5.61. The molecule has 92 valence electrons. The van der Waals surface area contributed by atoms with Gasteiger partial charge in [0.25, 0.3) is 0 Å². The molecule has 1 heterocycles. The smallest absolute Gasteiger partial charge is 0.0351 e. The predicted molar refractivity (Wildman–Crippen MR) is 71.5 cm³/mol. The number of rotatable bonds is 5. The molecule has 0 bridgehead atoms. The van der Waals surface area contributed by atoms with Crippen LogP contribution in [0.2, 0.25) is 0 Å². The van der Waals surface area contributed by atoms with E-state index in [9.17, 15) is 0 Å². The Labute approximate surface area is 100 Å². The standard InChI is InChI=1S/C14H26N2/c1-5-12(4)14(6-2)16(7-3)13-8-10-15-11-9-13/h6,13,15H,2,5,7-11H2,1,3-4H3/b14-12+. The average molecular weight is 222 g/mol. The Hall–Kier alpha value is -0.760. The highest BCUT2D eigenvalue weighted by atomic mass is 15.2. The number of hydrogen-bond acceptors (Lipinski definition) is 2. The summed E-state index contributed by atoms with van der Waals surface area (Å²) in [6, 6.07) is 0.695. The second-order valence-corrected chi connectivity index (χ2v) is 4.49. The number of nitrogens with one attached hydrogen (secondary N) is 1. The first-order valence-corrected chi connectivity index (χ1v) is 6.54. The summed E-state index contributed by atoms with van der Waals surface area (Å²) in [7, 11) is 0. The minimum absolute atomic E-state index is 0.695. The number of hydrogen-bond donors (Lipinski definition) is 1. The van der Waals surface area contributed by atoms with Crippen LogP contribution in [0, 0.1) is 0 Å². The van der Waals surface area contributed by atoms with Gasteiger partial charge in [-0.25, -0.2) is 0 Å². The number of nitrogens with zero attached hydrogens (tertiary/aromatic N) is 1. The number of allylic oxidation sites excluding steroid dienone is 2. The molecule has 1 N–H and O–H groups in total. The monoisotopic (exact) mass is 222 g/mol. The van der Waals surface area contributed by atoms with Crippen molar-refractivity contribution >= 4 is 0 Å². The lowest BCUT2D eigenvalue weighted by molar-refractivity contribution is 0.220. The Morgan fingerprint density at radius 1 is 1.38 bits per heavy atom. The first-order valence-electron chi connectivity index (χ1n) is 6.54. The van der Waals surface area contributed by atoms with Gasteiger partial charge >= 0.3 is 0 Å². The third-order valence-electron chi connectivity index (χ3n) is 3.56. The van der Waals surface area contributed by atoms with Crippen molar-refractivity contribution in [2.75, 3.05) is 19.6 Å². The van der Waals surface area contributed by atoms with Crippen molar-refractivity contribution in [2.24, 2.45) is 0 Å². The highest BCUT2D eigenvalue weighted by Gasteiger charge is 2.21. The van der Waals surface area contributed by atoms with Gasteiger partial charge in [-0.3, -0.25) is 0 Å². The average Bonchev–Trinajstić information content (AvgIpc) is 2.36. The molecule has 2 nitrogen and oxygen atoms in total. The quantitative estimate of drug-likeness (QED) is 0.720. The van der Waals surface area contributed by atoms with Gasteiger partial charge in [-0.1, -0.05) is 19.1 Å². The van der Waals surface area contributed by atoms with Crippen LogP contribution in [0.25, 0.3) is 0 Å². The molecule has 0 amide bonds. The molecule has 1 aliphatic rings. The van der Waals surface area contributed by atoms with Crippen molar-refractivity contribution in [3.05, 3.63) is 23.9 Å². The van der Waals surface area contributed by atoms with E-state index < -0.39 is 0 Å². The SMILES string of the molecule is C=C/C(=C(/C)CC)N(CC)C1CCNCC1. The Morgan fingerprint density at radius 2 is 2.00 bits per heavy atom. The molecule has 0 radical (unpaired) electrons. The summed E-state index contributed by atoms with van der Waals surface area (Å²) in [6.07, 6.45) is 5.65. The van der Waals surface area contributed by atoms with E-state index in [0.29, 0.717) is 6.04 Å². The third-order valence-corrected chi connectivity index (χ3v) is 3.56. The zero-order chi connectivity index (χ0) is 12.0. The number of piperidine rings is 1. The lowest BCUT2D eigenvalue weighted by atomic mass is 10.0. The van der Waals surface area contributed by atoms with Gasteiger partial charge in [0.05, 0.1) is 0 Å². The van der Waals surface area contributed by atoms with Gasteiger partial charge in [0.1, 0.15) is 0 Å². The third kappa shape index (κ3) is 3.11. The Balaban J connectivity index is 2.81. The molecule has 0 aliphatic carbocycles. The summed E-state index contributed by atoms with van der Waals surface area (Å²) in [5, 5.41) is 3.43. The molecule has 1 saturated heterocycles. The van der Waals surface area contributed by atoms with Gasteiger partial charge in [0.2, 0.25) is 0 Å². The molecule has 0 saturated carbocycles. The fourth-order valence-corrected chi connectivity index (χ4v) is 2.46. The van der Waals surface area contributed by atoms with E-state index in [1.807, 2.05) is 6.08 Å². The summed E-state index contributed by atoms with van der Waals surface area (Å²) in [4.78, 5) is 2.53. The summed E-state index contributed by atoms with van der Waals surface area (Å²) >= 11 is 0. The van der Waals surface area contributed by atoms with Crippen LogP contribution in [-0.4, -0.2) is 30.6 Å². The van der Waals surface area contributed by atoms with Crippen molar-refractivity contribution < 1.29 is 0 Å². The molecule has 0 unspecified atom stereocenters. The molecule has 1 rings (SSSR count). The first kappa shape index (κ1) is 13.3. The van der Waals surface area contributed by atoms with Crippen molar-refractivity contribution in [2.45, 2.75) is 46.1 Å². The van der Waals surface area contributed by atoms with Crippen molar-refractivity contribution in [1.29, 1.82) is 0 Å². The number of likely N-dealkylation sites (N-methyl/N-ethyl adjacent to an activating group) is 1. The van der Waals surface area contributed by atoms with Crippen molar-refractivity contribution in [3.8, 4) is 0 Å². The van der Waals surface area contributed by atoms with Crippen LogP contribution in [0.3, 0.4) is 0 Å². The highest BCUT2D eigenvalue weighted by molar-refractivity contribution is 5.22. The molecule has 1 fully saturated rings. The lowest BCUT2D eigenvalue weighted by Gasteiger charge is -2.37. The molecule has 0 aromatic heterocycles. The van der Waals surface area contributed by atoms with Gasteiger partial charge in [0.15, 0.2) is 0 Å². The van der Waals surface area contributed by atoms with Crippen LogP contribution < -0.4 is 5.32 Å². The van der Waals surface area contributed by atoms with E-state index in [4.69, 9.17) is 0 Å². The molecular formula is C14H26N2. The summed E-state index contributed by atoms with van der Waals surface area (Å²) in [5.41, 5.74) is 2.81. The van der Waals surface area contributed by atoms with Crippen LogP contribution in [0.15, 0.2) is 23.9 Å². The van der Waals surface area contributed by atoms with E-state index in [-0.39, 0.29) is 0 Å². The van der Waals surface area contributed by atoms with Crippen LogP contribution in [-0.2, 0) is 0 Å². The predicted octanol–water partition coefficient (Wildman–Crippen LogP) is 2.93. The molecule has 0 spiro atoms. The topological polar surface area (TPSA) is 15.3 Å². The van der Waals surface area contributed by atoms with Gasteiger partial charge in [0, 0.05) is 18.3 Å². The fraction of sp³-hybridized carbons (Fsp3) is 0.714. The fourth-order valence-electron chi connectivity index (χ4n) is 2.46. The Morgan fingerprint density at radius 3 is 2.44 bits per heavy atom. The largest absolute Gasteiger partial charge is 0.369 e.